The van der Waals surface area contributed by atoms with Gasteiger partial charge in [0, 0.05) is 54.3 Å². The second-order valence-corrected chi connectivity index (χ2v) is 2.87. The van der Waals surface area contributed by atoms with E-state index in [0.29, 0.717) is 26.4 Å². The van der Waals surface area contributed by atoms with Crippen molar-refractivity contribution in [2.75, 3.05) is 81.3 Å². The molecular weight excluding hydrogens is 451 g/mol. The summed E-state index contributed by atoms with van der Waals surface area (Å²) in [6.45, 7) is 2.26. The Bertz CT molecular complexity index is 79.3. The minimum absolute atomic E-state index is 0. The molecule has 132 valence electrons. The molecule has 0 unspecified atom stereocenters. The van der Waals surface area contributed by atoms with Crippen molar-refractivity contribution in [1.29, 1.82) is 0 Å². The van der Waals surface area contributed by atoms with E-state index in [4.69, 9.17) is 20.4 Å². The van der Waals surface area contributed by atoms with Crippen molar-refractivity contribution in [1.82, 2.24) is 0 Å². The standard InChI is InChI=1S/4C3H8O2.Hf/c4*1-5-3-2-4;/h4*4H,2-3H2,1H3;. The Kier molecular flexibility index (Phi) is 78.9. The predicted molar refractivity (Wildman–Crippen MR) is 75.8 cm³/mol. The number of rotatable bonds is 8. The van der Waals surface area contributed by atoms with Gasteiger partial charge >= 0.3 is 0 Å². The van der Waals surface area contributed by atoms with Gasteiger partial charge in [-0.1, -0.05) is 0 Å². The van der Waals surface area contributed by atoms with E-state index in [1.165, 1.54) is 0 Å². The van der Waals surface area contributed by atoms with Crippen molar-refractivity contribution in [3.05, 3.63) is 0 Å². The molecular formula is C12H32HfO8. The van der Waals surface area contributed by atoms with Crippen LogP contribution in [-0.4, -0.2) is 102 Å². The Morgan fingerprint density at radius 3 is 0.619 bits per heavy atom. The van der Waals surface area contributed by atoms with Gasteiger partial charge in [-0.15, -0.1) is 0 Å². The molecule has 0 bridgehead atoms. The third-order valence-corrected chi connectivity index (χ3v) is 1.18. The summed E-state index contributed by atoms with van der Waals surface area (Å²) in [5.74, 6) is 0. The fraction of sp³-hybridized carbons (Fsp3) is 1.00. The summed E-state index contributed by atoms with van der Waals surface area (Å²) in [5, 5.41) is 31.8. The number of hydrogen-bond acceptors (Lipinski definition) is 8. The van der Waals surface area contributed by atoms with Crippen LogP contribution in [0.5, 0.6) is 0 Å². The largest absolute Gasteiger partial charge is 0.394 e. The van der Waals surface area contributed by atoms with Crippen LogP contribution >= 0.6 is 0 Å². The molecule has 9 heteroatoms. The zero-order valence-electron chi connectivity index (χ0n) is 13.6. The Labute approximate surface area is 146 Å². The maximum Gasteiger partial charge on any atom is 0.0693 e. The first-order chi connectivity index (χ1) is 9.66. The van der Waals surface area contributed by atoms with Crippen LogP contribution in [-0.2, 0) is 44.8 Å². The molecule has 0 radical (unpaired) electrons. The average molecular weight is 483 g/mol. The molecule has 8 nitrogen and oxygen atoms in total. The molecule has 0 spiro atoms. The number of ether oxygens (including phenoxy) is 4. The molecule has 0 aliphatic carbocycles. The molecule has 0 amide bonds. The minimum Gasteiger partial charge on any atom is -0.394 e. The van der Waals surface area contributed by atoms with Gasteiger partial charge in [0.1, 0.15) is 0 Å². The van der Waals surface area contributed by atoms with E-state index >= 15 is 0 Å². The van der Waals surface area contributed by atoms with Crippen molar-refractivity contribution < 1.29 is 65.2 Å². The maximum atomic E-state index is 7.94. The van der Waals surface area contributed by atoms with Gasteiger partial charge in [-0.25, -0.2) is 0 Å². The van der Waals surface area contributed by atoms with Gasteiger partial charge in [-0.3, -0.25) is 0 Å². The van der Waals surface area contributed by atoms with Crippen LogP contribution in [0.15, 0.2) is 0 Å². The van der Waals surface area contributed by atoms with E-state index in [2.05, 4.69) is 18.9 Å². The predicted octanol–water partition coefficient (Wildman–Crippen LogP) is -1.50. The van der Waals surface area contributed by atoms with Crippen LogP contribution in [0.2, 0.25) is 0 Å². The second-order valence-electron chi connectivity index (χ2n) is 2.87. The van der Waals surface area contributed by atoms with Crippen LogP contribution in [0.4, 0.5) is 0 Å². The summed E-state index contributed by atoms with van der Waals surface area (Å²) in [6, 6.07) is 0. The van der Waals surface area contributed by atoms with Gasteiger partial charge in [-0.05, 0) is 0 Å². The monoisotopic (exact) mass is 484 g/mol. The van der Waals surface area contributed by atoms with Gasteiger partial charge < -0.3 is 39.4 Å². The van der Waals surface area contributed by atoms with Crippen LogP contribution in [0.3, 0.4) is 0 Å². The van der Waals surface area contributed by atoms with Crippen molar-refractivity contribution in [3.8, 4) is 0 Å². The zero-order chi connectivity index (χ0) is 16.5. The van der Waals surface area contributed by atoms with Gasteiger partial charge in [0.2, 0.25) is 0 Å². The molecule has 0 atom stereocenters. The number of aliphatic hydroxyl groups is 4. The van der Waals surface area contributed by atoms with Crippen molar-refractivity contribution in [2.24, 2.45) is 0 Å². The third kappa shape index (κ3) is 96.7. The van der Waals surface area contributed by atoms with E-state index in [0.717, 1.165) is 0 Å². The Morgan fingerprint density at radius 1 is 0.476 bits per heavy atom. The summed E-state index contributed by atoms with van der Waals surface area (Å²) in [4.78, 5) is 0. The van der Waals surface area contributed by atoms with E-state index in [1.807, 2.05) is 0 Å². The van der Waals surface area contributed by atoms with Crippen LogP contribution < -0.4 is 0 Å². The van der Waals surface area contributed by atoms with Crippen molar-refractivity contribution in [3.63, 3.8) is 0 Å². The minimum atomic E-state index is 0. The normalized spacial score (nSPS) is 8.00. The molecule has 0 rings (SSSR count). The topological polar surface area (TPSA) is 118 Å². The summed E-state index contributed by atoms with van der Waals surface area (Å²) >= 11 is 0. The van der Waals surface area contributed by atoms with Crippen molar-refractivity contribution in [2.45, 2.75) is 0 Å². The summed E-state index contributed by atoms with van der Waals surface area (Å²) in [7, 11) is 6.21. The quantitative estimate of drug-likeness (QED) is 0.309. The Morgan fingerprint density at radius 2 is 0.619 bits per heavy atom. The SMILES string of the molecule is COCCO.COCCO.COCCO.COCCO.[Hf]. The smallest absolute Gasteiger partial charge is 0.0693 e. The molecule has 0 saturated heterocycles. The fourth-order valence-electron chi connectivity index (χ4n) is 0.365. The second kappa shape index (κ2) is 49.9. The molecule has 0 aliphatic rings. The van der Waals surface area contributed by atoms with Crippen molar-refractivity contribution >= 4 is 0 Å². The maximum absolute atomic E-state index is 7.94. The van der Waals surface area contributed by atoms with E-state index in [-0.39, 0.29) is 52.3 Å². The third-order valence-electron chi connectivity index (χ3n) is 1.18. The Balaban J connectivity index is -0.0000000533. The first kappa shape index (κ1) is 33.2. The van der Waals surface area contributed by atoms with Gasteiger partial charge in [-0.2, -0.15) is 0 Å². The number of hydrogen-bond donors (Lipinski definition) is 4. The van der Waals surface area contributed by atoms with Gasteiger partial charge in [0.05, 0.1) is 52.9 Å². The summed E-state index contributed by atoms with van der Waals surface area (Å²) in [6.07, 6.45) is 0. The molecule has 0 heterocycles. The van der Waals surface area contributed by atoms with Crippen LogP contribution in [0.25, 0.3) is 0 Å². The molecule has 0 fully saturated rings. The molecule has 21 heavy (non-hydrogen) atoms. The summed E-state index contributed by atoms with van der Waals surface area (Å²) in [5.41, 5.74) is 0. The van der Waals surface area contributed by atoms with E-state index in [9.17, 15) is 0 Å². The number of aliphatic hydroxyl groups excluding tert-OH is 4. The van der Waals surface area contributed by atoms with Gasteiger partial charge in [0.15, 0.2) is 0 Å². The number of methoxy groups -OCH3 is 4. The average Bonchev–Trinajstić information content (AvgIpc) is 2.44. The van der Waals surface area contributed by atoms with Crippen LogP contribution in [0, 0.1) is 0 Å². The molecule has 0 saturated carbocycles. The molecule has 0 aromatic rings. The Hall–Kier alpha value is 0.550. The first-order valence-corrected chi connectivity index (χ1v) is 6.05. The van der Waals surface area contributed by atoms with E-state index in [1.54, 1.807) is 28.4 Å². The first-order valence-electron chi connectivity index (χ1n) is 6.05. The fourth-order valence-corrected chi connectivity index (χ4v) is 0.365. The summed E-state index contributed by atoms with van der Waals surface area (Å²) < 4.78 is 17.8. The molecule has 0 aromatic carbocycles. The molecule has 0 aromatic heterocycles. The van der Waals surface area contributed by atoms with E-state index < -0.39 is 0 Å². The van der Waals surface area contributed by atoms with Gasteiger partial charge in [0.25, 0.3) is 0 Å². The molecule has 4 N–H and O–H groups in total. The molecule has 0 aliphatic heterocycles. The van der Waals surface area contributed by atoms with Crippen LogP contribution in [0.1, 0.15) is 0 Å². The zero-order valence-corrected chi connectivity index (χ0v) is 17.2.